The zero-order valence-corrected chi connectivity index (χ0v) is 18.7. The topological polar surface area (TPSA) is 48.3 Å². The molecule has 5 rings (SSSR count). The van der Waals surface area contributed by atoms with Crippen LogP contribution in [0, 0.1) is 13.8 Å². The molecule has 4 aromatic rings. The molecular formula is C26H25NO3S. The second-order valence-corrected chi connectivity index (χ2v) is 10.1. The average Bonchev–Trinajstić information content (AvgIpc) is 3.51. The van der Waals surface area contributed by atoms with Crippen molar-refractivity contribution in [2.24, 2.45) is 0 Å². The van der Waals surface area contributed by atoms with E-state index in [9.17, 15) is 8.42 Å². The zero-order valence-electron chi connectivity index (χ0n) is 17.9. The van der Waals surface area contributed by atoms with Gasteiger partial charge in [0, 0.05) is 17.0 Å². The third kappa shape index (κ3) is 3.24. The van der Waals surface area contributed by atoms with E-state index in [2.05, 4.69) is 12.1 Å². The molecule has 0 saturated heterocycles. The molecule has 2 atom stereocenters. The van der Waals surface area contributed by atoms with Gasteiger partial charge in [-0.1, -0.05) is 48.0 Å². The molecular weight excluding hydrogens is 406 g/mol. The number of aryl methyl sites for hydroxylation is 2. The summed E-state index contributed by atoms with van der Waals surface area (Å²) in [7, 11) is -2.06. The number of hydrogen-bond acceptors (Lipinski definition) is 3. The number of para-hydroxylation sites is 1. The molecule has 4 nitrogen and oxygen atoms in total. The fourth-order valence-corrected chi connectivity index (χ4v) is 6.25. The van der Waals surface area contributed by atoms with Gasteiger partial charge in [0.2, 0.25) is 0 Å². The summed E-state index contributed by atoms with van der Waals surface area (Å²) in [5.41, 5.74) is 4.95. The first-order valence-corrected chi connectivity index (χ1v) is 11.9. The lowest BCUT2D eigenvalue weighted by atomic mass is 10.1. The SMILES string of the molecule is COc1ccc(C2C[C@@H]2c2c(C)c3ccccc3n2S(=O)(=O)c2ccc(C)cc2)cc1. The molecule has 158 valence electrons. The molecule has 0 spiro atoms. The van der Waals surface area contributed by atoms with Crippen molar-refractivity contribution in [2.75, 3.05) is 7.11 Å². The average molecular weight is 432 g/mol. The Kier molecular flexibility index (Phi) is 4.67. The number of fused-ring (bicyclic) bond motifs is 1. The molecule has 0 bridgehead atoms. The monoisotopic (exact) mass is 431 g/mol. The fraction of sp³-hybridized carbons (Fsp3) is 0.231. The van der Waals surface area contributed by atoms with E-state index >= 15 is 0 Å². The van der Waals surface area contributed by atoms with E-state index in [-0.39, 0.29) is 5.92 Å². The standard InChI is InChI=1S/C26H25NO3S/c1-17-8-14-21(15-9-17)31(28,29)27-25-7-5-4-6-22(25)18(2)26(27)24-16-23(24)19-10-12-20(30-3)13-11-19/h4-15,23-24H,16H2,1-3H3/t23?,24-/m0/s1. The smallest absolute Gasteiger partial charge is 0.268 e. The van der Waals surface area contributed by atoms with Crippen LogP contribution in [0.1, 0.15) is 40.6 Å². The van der Waals surface area contributed by atoms with Crippen LogP contribution in [0.3, 0.4) is 0 Å². The van der Waals surface area contributed by atoms with Crippen LogP contribution in [0.4, 0.5) is 0 Å². The van der Waals surface area contributed by atoms with Gasteiger partial charge >= 0.3 is 0 Å². The van der Waals surface area contributed by atoms with Crippen molar-refractivity contribution in [3.8, 4) is 5.75 Å². The van der Waals surface area contributed by atoms with Crippen molar-refractivity contribution in [3.63, 3.8) is 0 Å². The molecule has 1 unspecified atom stereocenters. The highest BCUT2D eigenvalue weighted by molar-refractivity contribution is 7.90. The van der Waals surface area contributed by atoms with E-state index in [4.69, 9.17) is 4.74 Å². The van der Waals surface area contributed by atoms with Crippen molar-refractivity contribution >= 4 is 20.9 Å². The van der Waals surface area contributed by atoms with E-state index in [1.165, 1.54) is 5.56 Å². The predicted octanol–water partition coefficient (Wildman–Crippen LogP) is 5.77. The highest BCUT2D eigenvalue weighted by Gasteiger charge is 2.44. The van der Waals surface area contributed by atoms with E-state index < -0.39 is 10.0 Å². The third-order valence-electron chi connectivity index (χ3n) is 6.37. The summed E-state index contributed by atoms with van der Waals surface area (Å²) in [6, 6.07) is 23.0. The van der Waals surface area contributed by atoms with Crippen LogP contribution in [-0.4, -0.2) is 19.5 Å². The van der Waals surface area contributed by atoms with Crippen LogP contribution in [0.5, 0.6) is 5.75 Å². The van der Waals surface area contributed by atoms with E-state index in [1.54, 1.807) is 23.2 Å². The highest BCUT2D eigenvalue weighted by Crippen LogP contribution is 2.57. The summed E-state index contributed by atoms with van der Waals surface area (Å²) in [6.45, 7) is 4.00. The Morgan fingerprint density at radius 3 is 2.23 bits per heavy atom. The lowest BCUT2D eigenvalue weighted by Crippen LogP contribution is -2.16. The Balaban J connectivity index is 1.65. The number of aromatic nitrogens is 1. The number of benzene rings is 3. The van der Waals surface area contributed by atoms with Gasteiger partial charge in [0.05, 0.1) is 17.5 Å². The maximum atomic E-state index is 13.8. The largest absolute Gasteiger partial charge is 0.497 e. The molecule has 1 saturated carbocycles. The summed E-state index contributed by atoms with van der Waals surface area (Å²) in [5, 5.41) is 0.994. The summed E-state index contributed by atoms with van der Waals surface area (Å²) in [5.74, 6) is 1.30. The minimum absolute atomic E-state index is 0.168. The van der Waals surface area contributed by atoms with Crippen LogP contribution in [0.25, 0.3) is 10.9 Å². The normalized spacial score (nSPS) is 18.3. The second-order valence-electron chi connectivity index (χ2n) is 8.33. The molecule has 5 heteroatoms. The van der Waals surface area contributed by atoms with Crippen molar-refractivity contribution in [2.45, 2.75) is 37.0 Å². The van der Waals surface area contributed by atoms with Crippen LogP contribution in [0.15, 0.2) is 77.7 Å². The molecule has 1 heterocycles. The Morgan fingerprint density at radius 2 is 1.55 bits per heavy atom. The lowest BCUT2D eigenvalue weighted by Gasteiger charge is -2.13. The summed E-state index contributed by atoms with van der Waals surface area (Å²) < 4.78 is 34.5. The van der Waals surface area contributed by atoms with Gasteiger partial charge in [0.1, 0.15) is 5.75 Å². The summed E-state index contributed by atoms with van der Waals surface area (Å²) in [4.78, 5) is 0.321. The zero-order chi connectivity index (χ0) is 21.8. The molecule has 0 amide bonds. The summed E-state index contributed by atoms with van der Waals surface area (Å²) >= 11 is 0. The van der Waals surface area contributed by atoms with Crippen LogP contribution in [0.2, 0.25) is 0 Å². The first-order valence-electron chi connectivity index (χ1n) is 10.5. The number of methoxy groups -OCH3 is 1. The number of hydrogen-bond donors (Lipinski definition) is 0. The Hall–Kier alpha value is -3.05. The van der Waals surface area contributed by atoms with Crippen LogP contribution < -0.4 is 4.74 Å². The summed E-state index contributed by atoms with van der Waals surface area (Å²) in [6.07, 6.45) is 0.937. The Morgan fingerprint density at radius 1 is 0.871 bits per heavy atom. The number of rotatable bonds is 5. The minimum Gasteiger partial charge on any atom is -0.497 e. The van der Waals surface area contributed by atoms with E-state index in [1.807, 2.05) is 62.4 Å². The van der Waals surface area contributed by atoms with Crippen molar-refractivity contribution in [1.82, 2.24) is 3.97 Å². The van der Waals surface area contributed by atoms with Gasteiger partial charge in [-0.2, -0.15) is 0 Å². The van der Waals surface area contributed by atoms with Gasteiger partial charge in [-0.3, -0.25) is 0 Å². The Bertz CT molecular complexity index is 1370. The molecule has 31 heavy (non-hydrogen) atoms. The van der Waals surface area contributed by atoms with Crippen molar-refractivity contribution in [1.29, 1.82) is 0 Å². The van der Waals surface area contributed by atoms with Gasteiger partial charge in [-0.15, -0.1) is 0 Å². The maximum absolute atomic E-state index is 13.8. The number of nitrogens with zero attached hydrogens (tertiary/aromatic N) is 1. The Labute approximate surface area is 183 Å². The molecule has 1 aliphatic rings. The number of ether oxygens (including phenoxy) is 1. The fourth-order valence-electron chi connectivity index (χ4n) is 4.61. The molecule has 0 aliphatic heterocycles. The molecule has 1 fully saturated rings. The maximum Gasteiger partial charge on any atom is 0.268 e. The third-order valence-corrected chi connectivity index (χ3v) is 8.12. The van der Waals surface area contributed by atoms with Crippen molar-refractivity contribution < 1.29 is 13.2 Å². The first-order chi connectivity index (χ1) is 14.9. The van der Waals surface area contributed by atoms with Gasteiger partial charge in [0.15, 0.2) is 0 Å². The van der Waals surface area contributed by atoms with E-state index in [0.29, 0.717) is 10.8 Å². The molecule has 0 radical (unpaired) electrons. The van der Waals surface area contributed by atoms with E-state index in [0.717, 1.165) is 39.9 Å². The lowest BCUT2D eigenvalue weighted by molar-refractivity contribution is 0.414. The van der Waals surface area contributed by atoms with Crippen molar-refractivity contribution in [3.05, 3.63) is 95.2 Å². The van der Waals surface area contributed by atoms with Gasteiger partial charge in [-0.05, 0) is 67.6 Å². The first kappa shape index (κ1) is 19.9. The quantitative estimate of drug-likeness (QED) is 0.403. The van der Waals surface area contributed by atoms with Gasteiger partial charge < -0.3 is 4.74 Å². The van der Waals surface area contributed by atoms with Crippen LogP contribution >= 0.6 is 0 Å². The molecule has 1 aliphatic carbocycles. The van der Waals surface area contributed by atoms with Gasteiger partial charge in [-0.25, -0.2) is 12.4 Å². The molecule has 1 aromatic heterocycles. The minimum atomic E-state index is -3.72. The molecule has 0 N–H and O–H groups in total. The van der Waals surface area contributed by atoms with Crippen LogP contribution in [-0.2, 0) is 10.0 Å². The molecule has 3 aromatic carbocycles. The van der Waals surface area contributed by atoms with Gasteiger partial charge in [0.25, 0.3) is 10.0 Å². The predicted molar refractivity (Wildman–Crippen MR) is 124 cm³/mol. The highest BCUT2D eigenvalue weighted by atomic mass is 32.2. The second kappa shape index (κ2) is 7.27.